The molecular formula is C21H24N2O2S2. The molecule has 4 nitrogen and oxygen atoms in total. The molecule has 6 heteroatoms. The molecule has 0 radical (unpaired) electrons. The first kappa shape index (κ1) is 19.6. The molecule has 1 aromatic heterocycles. The highest BCUT2D eigenvalue weighted by Gasteiger charge is 2.19. The molecular weight excluding hydrogens is 376 g/mol. The van der Waals surface area contributed by atoms with E-state index in [1.807, 2.05) is 33.8 Å². The third kappa shape index (κ3) is 4.22. The van der Waals surface area contributed by atoms with Crippen molar-refractivity contribution in [1.29, 1.82) is 0 Å². The quantitative estimate of drug-likeness (QED) is 0.595. The first-order chi connectivity index (χ1) is 12.7. The summed E-state index contributed by atoms with van der Waals surface area (Å²) in [5.74, 6) is -0.156. The number of rotatable bonds is 4. The number of aryl methyl sites for hydroxylation is 2. The fraction of sp³-hybridized carbons (Fsp3) is 0.286. The van der Waals surface area contributed by atoms with Gasteiger partial charge in [0.25, 0.3) is 5.91 Å². The van der Waals surface area contributed by atoms with Crippen LogP contribution < -0.4 is 10.0 Å². The first-order valence-corrected chi connectivity index (χ1v) is 10.8. The number of hydrogen-bond donors (Lipinski definition) is 2. The van der Waals surface area contributed by atoms with E-state index < -0.39 is 11.0 Å². The lowest BCUT2D eigenvalue weighted by Gasteiger charge is -2.18. The molecule has 1 atom stereocenters. The minimum absolute atomic E-state index is 0.156. The van der Waals surface area contributed by atoms with Crippen LogP contribution in [0.15, 0.2) is 41.8 Å². The monoisotopic (exact) mass is 400 g/mol. The number of carbonyl (C=O) groups excluding carboxylic acids is 1. The molecule has 0 aliphatic carbocycles. The summed E-state index contributed by atoms with van der Waals surface area (Å²) in [5, 5.41) is 6.33. The number of anilines is 2. The van der Waals surface area contributed by atoms with Crippen molar-refractivity contribution in [1.82, 2.24) is 0 Å². The van der Waals surface area contributed by atoms with E-state index in [1.165, 1.54) is 10.1 Å². The predicted octanol–water partition coefficient (Wildman–Crippen LogP) is 5.64. The second-order valence-electron chi connectivity index (χ2n) is 7.54. The van der Waals surface area contributed by atoms with Crippen LogP contribution in [0.5, 0.6) is 0 Å². The summed E-state index contributed by atoms with van der Waals surface area (Å²) < 4.78 is 16.0. The topological polar surface area (TPSA) is 58.2 Å². The highest BCUT2D eigenvalue weighted by molar-refractivity contribution is 7.87. The normalized spacial score (nSPS) is 12.8. The van der Waals surface area contributed by atoms with E-state index >= 15 is 0 Å². The highest BCUT2D eigenvalue weighted by Crippen LogP contribution is 2.33. The average molecular weight is 401 g/mol. The first-order valence-electron chi connectivity index (χ1n) is 8.74. The van der Waals surface area contributed by atoms with E-state index in [0.717, 1.165) is 22.5 Å². The van der Waals surface area contributed by atoms with E-state index in [0.29, 0.717) is 5.56 Å². The van der Waals surface area contributed by atoms with Crippen molar-refractivity contribution in [2.75, 3.05) is 10.0 Å². The molecule has 1 unspecified atom stereocenters. The van der Waals surface area contributed by atoms with Gasteiger partial charge in [0.05, 0.1) is 4.75 Å². The minimum atomic E-state index is -1.20. The van der Waals surface area contributed by atoms with Gasteiger partial charge in [-0.2, -0.15) is 0 Å². The van der Waals surface area contributed by atoms with Crippen molar-refractivity contribution in [3.8, 4) is 0 Å². The third-order valence-corrected chi connectivity index (χ3v) is 6.92. The third-order valence-electron chi connectivity index (χ3n) is 4.36. The van der Waals surface area contributed by atoms with Crippen molar-refractivity contribution >= 4 is 49.7 Å². The molecule has 0 aliphatic heterocycles. The Hall–Kier alpha value is -2.18. The van der Waals surface area contributed by atoms with Gasteiger partial charge in [-0.05, 0) is 92.9 Å². The lowest BCUT2D eigenvalue weighted by molar-refractivity contribution is 0.102. The molecule has 3 aromatic rings. The van der Waals surface area contributed by atoms with Crippen LogP contribution in [0.2, 0.25) is 0 Å². The molecule has 1 heterocycles. The summed E-state index contributed by atoms with van der Waals surface area (Å²) in [7, 11) is -1.20. The lowest BCUT2D eigenvalue weighted by atomic mass is 10.1. The Morgan fingerprint density at radius 1 is 1.07 bits per heavy atom. The minimum Gasteiger partial charge on any atom is -0.322 e. The zero-order chi connectivity index (χ0) is 19.8. The maximum atomic E-state index is 12.7. The fourth-order valence-electron chi connectivity index (χ4n) is 2.71. The zero-order valence-electron chi connectivity index (χ0n) is 16.2. The van der Waals surface area contributed by atoms with Crippen LogP contribution in [0.1, 0.15) is 42.3 Å². The Morgan fingerprint density at radius 3 is 2.37 bits per heavy atom. The van der Waals surface area contributed by atoms with Gasteiger partial charge in [0.2, 0.25) is 0 Å². The Kier molecular flexibility index (Phi) is 5.40. The maximum absolute atomic E-state index is 12.7. The van der Waals surface area contributed by atoms with Crippen LogP contribution in [0.4, 0.5) is 11.4 Å². The maximum Gasteiger partial charge on any atom is 0.255 e. The van der Waals surface area contributed by atoms with Gasteiger partial charge in [0, 0.05) is 21.6 Å². The van der Waals surface area contributed by atoms with Crippen molar-refractivity contribution in [3.05, 3.63) is 58.5 Å². The van der Waals surface area contributed by atoms with E-state index in [1.54, 1.807) is 35.6 Å². The summed E-state index contributed by atoms with van der Waals surface area (Å²) in [6, 6.07) is 11.2. The molecule has 0 aliphatic rings. The lowest BCUT2D eigenvalue weighted by Crippen LogP contribution is -2.27. The predicted molar refractivity (Wildman–Crippen MR) is 117 cm³/mol. The van der Waals surface area contributed by atoms with Gasteiger partial charge in [-0.25, -0.2) is 4.21 Å². The molecule has 0 bridgehead atoms. The van der Waals surface area contributed by atoms with Crippen LogP contribution in [0.3, 0.4) is 0 Å². The molecule has 2 aromatic carbocycles. The fourth-order valence-corrected chi connectivity index (χ4v) is 4.35. The molecule has 2 N–H and O–H groups in total. The molecule has 0 saturated carbocycles. The smallest absolute Gasteiger partial charge is 0.255 e. The standard InChI is InChI=1S/C21H24N2O2S2/c1-13-12-18(14(2)19-17(13)10-11-26-19)22-20(24)15-6-8-16(9-7-15)23-27(25)21(3,4)5/h6-12,23H,1-5H3,(H,22,24). The van der Waals surface area contributed by atoms with Gasteiger partial charge in [-0.1, -0.05) is 0 Å². The van der Waals surface area contributed by atoms with Crippen molar-refractivity contribution in [3.63, 3.8) is 0 Å². The van der Waals surface area contributed by atoms with Gasteiger partial charge in [-0.3, -0.25) is 4.79 Å². The number of thiophene rings is 1. The number of hydrogen-bond acceptors (Lipinski definition) is 3. The van der Waals surface area contributed by atoms with E-state index in [2.05, 4.69) is 28.4 Å². The van der Waals surface area contributed by atoms with Gasteiger partial charge in [0.1, 0.15) is 11.0 Å². The van der Waals surface area contributed by atoms with Crippen molar-refractivity contribution < 1.29 is 9.00 Å². The average Bonchev–Trinajstić information content (AvgIpc) is 3.10. The van der Waals surface area contributed by atoms with Gasteiger partial charge < -0.3 is 10.0 Å². The summed E-state index contributed by atoms with van der Waals surface area (Å²) >= 11 is 1.69. The number of nitrogens with one attached hydrogen (secondary N) is 2. The number of amides is 1. The van der Waals surface area contributed by atoms with Crippen LogP contribution in [-0.2, 0) is 11.0 Å². The summed E-state index contributed by atoms with van der Waals surface area (Å²) in [6.07, 6.45) is 0. The molecule has 142 valence electrons. The van der Waals surface area contributed by atoms with Crippen LogP contribution in [0, 0.1) is 13.8 Å². The van der Waals surface area contributed by atoms with Gasteiger partial charge in [-0.15, -0.1) is 11.3 Å². The largest absolute Gasteiger partial charge is 0.322 e. The van der Waals surface area contributed by atoms with Crippen molar-refractivity contribution in [2.45, 2.75) is 39.4 Å². The highest BCUT2D eigenvalue weighted by atomic mass is 32.2. The number of fused-ring (bicyclic) bond motifs is 1. The molecule has 3 rings (SSSR count). The van der Waals surface area contributed by atoms with Crippen LogP contribution in [-0.4, -0.2) is 14.9 Å². The summed E-state index contributed by atoms with van der Waals surface area (Å²) in [4.78, 5) is 12.7. The van der Waals surface area contributed by atoms with E-state index in [9.17, 15) is 9.00 Å². The second kappa shape index (κ2) is 7.44. The van der Waals surface area contributed by atoms with E-state index in [4.69, 9.17) is 0 Å². The van der Waals surface area contributed by atoms with Crippen LogP contribution in [0.25, 0.3) is 10.1 Å². The Labute approximate surface area is 166 Å². The van der Waals surface area contributed by atoms with Gasteiger partial charge >= 0.3 is 0 Å². The van der Waals surface area contributed by atoms with E-state index in [-0.39, 0.29) is 10.7 Å². The van der Waals surface area contributed by atoms with Gasteiger partial charge in [0.15, 0.2) is 0 Å². The molecule has 27 heavy (non-hydrogen) atoms. The zero-order valence-corrected chi connectivity index (χ0v) is 17.8. The number of carbonyl (C=O) groups is 1. The van der Waals surface area contributed by atoms with Crippen LogP contribution >= 0.6 is 11.3 Å². The number of benzene rings is 2. The Bertz CT molecular complexity index is 1020. The summed E-state index contributed by atoms with van der Waals surface area (Å²) in [6.45, 7) is 9.81. The Balaban J connectivity index is 1.77. The van der Waals surface area contributed by atoms with Crippen molar-refractivity contribution in [2.24, 2.45) is 0 Å². The molecule has 0 spiro atoms. The molecule has 0 saturated heterocycles. The Morgan fingerprint density at radius 2 is 1.74 bits per heavy atom. The second-order valence-corrected chi connectivity index (χ2v) is 10.4. The molecule has 1 amide bonds. The SMILES string of the molecule is Cc1cc(NC(=O)c2ccc(NS(=O)C(C)(C)C)cc2)c(C)c2sccc12. The summed E-state index contributed by atoms with van der Waals surface area (Å²) in [5.41, 5.74) is 4.36. The molecule has 0 fully saturated rings.